The number of carbonyl (C=O) groups is 1. The molecule has 4 nitrogen and oxygen atoms in total. The van der Waals surface area contributed by atoms with Crippen LogP contribution < -0.4 is 10.6 Å². The first-order valence-corrected chi connectivity index (χ1v) is 7.15. The van der Waals surface area contributed by atoms with E-state index >= 15 is 0 Å². The molecule has 0 radical (unpaired) electrons. The number of fused-ring (bicyclic) bond motifs is 1. The largest absolute Gasteiger partial charge is 0.385 e. The van der Waals surface area contributed by atoms with Crippen molar-refractivity contribution in [3.05, 3.63) is 40.4 Å². The van der Waals surface area contributed by atoms with Gasteiger partial charge in [0.25, 0.3) is 5.91 Å². The van der Waals surface area contributed by atoms with Crippen molar-refractivity contribution in [2.24, 2.45) is 0 Å². The highest BCUT2D eigenvalue weighted by Gasteiger charge is 2.17. The molecule has 6 heteroatoms. The Morgan fingerprint density at radius 3 is 3.05 bits per heavy atom. The third-order valence-corrected chi connectivity index (χ3v) is 4.01. The second kappa shape index (κ2) is 6.24. The molecule has 0 saturated carbocycles. The molecule has 0 aliphatic carbocycles. The number of halogens is 1. The minimum atomic E-state index is -0.0742. The number of amides is 1. The molecule has 1 aliphatic heterocycles. The van der Waals surface area contributed by atoms with Gasteiger partial charge in [-0.25, -0.2) is 4.98 Å². The highest BCUT2D eigenvalue weighted by atomic mass is 35.5. The Hall–Kier alpha value is -1.59. The van der Waals surface area contributed by atoms with E-state index in [2.05, 4.69) is 15.6 Å². The van der Waals surface area contributed by atoms with Crippen LogP contribution in [0.1, 0.15) is 27.2 Å². The number of rotatable bonds is 2. The fourth-order valence-corrected chi connectivity index (χ4v) is 2.96. The molecule has 106 valence electrons. The minimum absolute atomic E-state index is 0. The Labute approximate surface area is 128 Å². The first-order valence-electron chi connectivity index (χ1n) is 6.33. The van der Waals surface area contributed by atoms with Crippen LogP contribution in [0.5, 0.6) is 0 Å². The van der Waals surface area contributed by atoms with Crippen LogP contribution in [0, 0.1) is 6.92 Å². The van der Waals surface area contributed by atoms with E-state index in [1.807, 2.05) is 25.1 Å². The summed E-state index contributed by atoms with van der Waals surface area (Å²) in [7, 11) is 0. The second-order valence-electron chi connectivity index (χ2n) is 4.59. The van der Waals surface area contributed by atoms with Crippen LogP contribution in [0.4, 0.5) is 10.8 Å². The Bertz CT molecular complexity index is 627. The molecule has 0 fully saturated rings. The summed E-state index contributed by atoms with van der Waals surface area (Å²) in [4.78, 5) is 17.6. The average molecular weight is 310 g/mol. The van der Waals surface area contributed by atoms with Gasteiger partial charge in [0, 0.05) is 28.9 Å². The van der Waals surface area contributed by atoms with Gasteiger partial charge in [0.05, 0.1) is 0 Å². The average Bonchev–Trinajstić information content (AvgIpc) is 2.83. The van der Waals surface area contributed by atoms with Gasteiger partial charge in [-0.1, -0.05) is 6.07 Å². The summed E-state index contributed by atoms with van der Waals surface area (Å²) in [6, 6.07) is 5.82. The maximum absolute atomic E-state index is 12.3. The van der Waals surface area contributed by atoms with Gasteiger partial charge in [0.2, 0.25) is 0 Å². The lowest BCUT2D eigenvalue weighted by Gasteiger charge is -2.20. The zero-order valence-corrected chi connectivity index (χ0v) is 12.7. The molecule has 2 heterocycles. The highest BCUT2D eigenvalue weighted by Crippen LogP contribution is 2.26. The van der Waals surface area contributed by atoms with Crippen molar-refractivity contribution >= 4 is 40.5 Å². The Kier molecular flexibility index (Phi) is 4.62. The van der Waals surface area contributed by atoms with Crippen molar-refractivity contribution in [3.8, 4) is 0 Å². The molecule has 0 saturated heterocycles. The quantitative estimate of drug-likeness (QED) is 0.893. The third-order valence-electron chi connectivity index (χ3n) is 3.18. The van der Waals surface area contributed by atoms with Gasteiger partial charge in [-0.3, -0.25) is 10.1 Å². The van der Waals surface area contributed by atoms with E-state index in [4.69, 9.17) is 0 Å². The van der Waals surface area contributed by atoms with Gasteiger partial charge >= 0.3 is 0 Å². The molecule has 1 aromatic heterocycles. The van der Waals surface area contributed by atoms with Crippen molar-refractivity contribution < 1.29 is 4.79 Å². The van der Waals surface area contributed by atoms with Crippen LogP contribution in [-0.4, -0.2) is 17.4 Å². The van der Waals surface area contributed by atoms with E-state index < -0.39 is 0 Å². The molecule has 3 rings (SSSR count). The van der Waals surface area contributed by atoms with E-state index in [1.165, 1.54) is 11.3 Å². The molecule has 0 spiro atoms. The van der Waals surface area contributed by atoms with Gasteiger partial charge in [-0.15, -0.1) is 23.7 Å². The van der Waals surface area contributed by atoms with Crippen molar-refractivity contribution in [2.75, 3.05) is 17.2 Å². The van der Waals surface area contributed by atoms with Gasteiger partial charge in [0.15, 0.2) is 5.13 Å². The zero-order valence-electron chi connectivity index (χ0n) is 11.1. The molecule has 1 amide bonds. The number of nitrogens with zero attached hydrogens (tertiary/aromatic N) is 1. The highest BCUT2D eigenvalue weighted by molar-refractivity contribution is 7.15. The normalized spacial score (nSPS) is 12.8. The minimum Gasteiger partial charge on any atom is -0.385 e. The lowest BCUT2D eigenvalue weighted by atomic mass is 9.97. The molecule has 0 unspecified atom stereocenters. The number of benzene rings is 1. The van der Waals surface area contributed by atoms with E-state index in [-0.39, 0.29) is 18.3 Å². The van der Waals surface area contributed by atoms with Crippen LogP contribution in [0.3, 0.4) is 0 Å². The summed E-state index contributed by atoms with van der Waals surface area (Å²) in [5, 5.41) is 6.86. The summed E-state index contributed by atoms with van der Waals surface area (Å²) < 4.78 is 0. The predicted molar refractivity (Wildman–Crippen MR) is 85.3 cm³/mol. The number of aryl methyl sites for hydroxylation is 1. The third kappa shape index (κ3) is 2.94. The maximum Gasteiger partial charge on any atom is 0.257 e. The summed E-state index contributed by atoms with van der Waals surface area (Å²) in [5.41, 5.74) is 2.94. The molecule has 1 aromatic carbocycles. The van der Waals surface area contributed by atoms with Crippen molar-refractivity contribution in [2.45, 2.75) is 19.8 Å². The molecule has 2 aromatic rings. The van der Waals surface area contributed by atoms with Crippen LogP contribution in [-0.2, 0) is 6.42 Å². The predicted octanol–water partition coefficient (Wildman–Crippen LogP) is 3.48. The summed E-state index contributed by atoms with van der Waals surface area (Å²) in [6.45, 7) is 2.95. The smallest absolute Gasteiger partial charge is 0.257 e. The first-order chi connectivity index (χ1) is 9.24. The molecular weight excluding hydrogens is 294 g/mol. The Morgan fingerprint density at radius 2 is 2.30 bits per heavy atom. The molecule has 20 heavy (non-hydrogen) atoms. The molecule has 1 aliphatic rings. The van der Waals surface area contributed by atoms with E-state index in [9.17, 15) is 4.79 Å². The number of nitrogens with one attached hydrogen (secondary N) is 2. The SMILES string of the molecule is Cc1cnc(NC(=O)c2cccc3c2CCCN3)s1.Cl. The van der Waals surface area contributed by atoms with Gasteiger partial charge in [-0.2, -0.15) is 0 Å². The number of anilines is 2. The first kappa shape index (κ1) is 14.8. The van der Waals surface area contributed by atoms with E-state index in [0.717, 1.165) is 41.1 Å². The number of thiazole rings is 1. The standard InChI is InChI=1S/C14H15N3OS.ClH/c1-9-8-16-14(19-9)17-13(18)11-4-2-6-12-10(11)5-3-7-15-12;/h2,4,6,8,15H,3,5,7H2,1H3,(H,16,17,18);1H. The van der Waals surface area contributed by atoms with Gasteiger partial charge < -0.3 is 5.32 Å². The van der Waals surface area contributed by atoms with E-state index in [0.29, 0.717) is 5.13 Å². The van der Waals surface area contributed by atoms with Crippen molar-refractivity contribution in [3.63, 3.8) is 0 Å². The van der Waals surface area contributed by atoms with Gasteiger partial charge in [0.1, 0.15) is 0 Å². The molecule has 0 bridgehead atoms. The number of aromatic nitrogens is 1. The lowest BCUT2D eigenvalue weighted by molar-refractivity contribution is 0.102. The van der Waals surface area contributed by atoms with E-state index in [1.54, 1.807) is 6.20 Å². The summed E-state index contributed by atoms with van der Waals surface area (Å²) in [5.74, 6) is -0.0742. The molecular formula is C14H16ClN3OS. The fraction of sp³-hybridized carbons (Fsp3) is 0.286. The Morgan fingerprint density at radius 1 is 1.45 bits per heavy atom. The van der Waals surface area contributed by atoms with Crippen molar-refractivity contribution in [1.29, 1.82) is 0 Å². The summed E-state index contributed by atoms with van der Waals surface area (Å²) >= 11 is 1.49. The van der Waals surface area contributed by atoms with Crippen LogP contribution in [0.15, 0.2) is 24.4 Å². The zero-order chi connectivity index (χ0) is 13.2. The topological polar surface area (TPSA) is 54.0 Å². The molecule has 2 N–H and O–H groups in total. The maximum atomic E-state index is 12.3. The number of hydrogen-bond donors (Lipinski definition) is 2. The summed E-state index contributed by atoms with van der Waals surface area (Å²) in [6.07, 6.45) is 3.78. The van der Waals surface area contributed by atoms with Crippen molar-refractivity contribution in [1.82, 2.24) is 4.98 Å². The fourth-order valence-electron chi connectivity index (χ4n) is 2.30. The van der Waals surface area contributed by atoms with Gasteiger partial charge in [-0.05, 0) is 37.5 Å². The lowest BCUT2D eigenvalue weighted by Crippen LogP contribution is -2.19. The Balaban J connectivity index is 0.00000147. The van der Waals surface area contributed by atoms with Crippen LogP contribution in [0.25, 0.3) is 0 Å². The van der Waals surface area contributed by atoms with Crippen LogP contribution >= 0.6 is 23.7 Å². The molecule has 0 atom stereocenters. The monoisotopic (exact) mass is 309 g/mol. The number of hydrogen-bond acceptors (Lipinski definition) is 4. The van der Waals surface area contributed by atoms with Crippen LogP contribution in [0.2, 0.25) is 0 Å². The number of carbonyl (C=O) groups excluding carboxylic acids is 1. The second-order valence-corrected chi connectivity index (χ2v) is 5.83.